The van der Waals surface area contributed by atoms with Gasteiger partial charge < -0.3 is 10.1 Å². The molecule has 17 heavy (non-hydrogen) atoms. The van der Waals surface area contributed by atoms with E-state index in [1.807, 2.05) is 0 Å². The van der Waals surface area contributed by atoms with Gasteiger partial charge in [0.25, 0.3) is 0 Å². The lowest BCUT2D eigenvalue weighted by Gasteiger charge is -2.22. The van der Waals surface area contributed by atoms with Gasteiger partial charge in [0.2, 0.25) is 5.88 Å². The summed E-state index contributed by atoms with van der Waals surface area (Å²) in [4.78, 5) is 8.18. The van der Waals surface area contributed by atoms with Crippen LogP contribution in [-0.4, -0.2) is 34.3 Å². The van der Waals surface area contributed by atoms with Gasteiger partial charge >= 0.3 is 0 Å². The van der Waals surface area contributed by atoms with E-state index in [-0.39, 0.29) is 0 Å². The zero-order valence-corrected chi connectivity index (χ0v) is 11.6. The summed E-state index contributed by atoms with van der Waals surface area (Å²) in [5.74, 6) is 1.26. The van der Waals surface area contributed by atoms with Gasteiger partial charge in [-0.25, -0.2) is 9.97 Å². The van der Waals surface area contributed by atoms with Crippen molar-refractivity contribution in [2.45, 2.75) is 12.8 Å². The summed E-state index contributed by atoms with van der Waals surface area (Å²) < 4.78 is 12.8. The monoisotopic (exact) mass is 323 g/mol. The molecule has 0 unspecified atom stereocenters. The van der Waals surface area contributed by atoms with Crippen molar-refractivity contribution in [3.8, 4) is 5.88 Å². The Hall–Kier alpha value is -0.430. The Kier molecular flexibility index (Phi) is 7.43. The zero-order valence-electron chi connectivity index (χ0n) is 9.27. The number of hydrogen-bond donors (Lipinski definition) is 2. The van der Waals surface area contributed by atoms with E-state index in [0.29, 0.717) is 11.8 Å². The summed E-state index contributed by atoms with van der Waals surface area (Å²) in [6.45, 7) is 2.94. The van der Waals surface area contributed by atoms with E-state index < -0.39 is 0 Å². The van der Waals surface area contributed by atoms with E-state index in [4.69, 9.17) is 9.40 Å². The molecular formula is C10H15BrClN3O2. The second kappa shape index (κ2) is 8.63. The van der Waals surface area contributed by atoms with Gasteiger partial charge in [0.1, 0.15) is 4.60 Å². The van der Waals surface area contributed by atoms with Gasteiger partial charge in [-0.2, -0.15) is 0 Å². The van der Waals surface area contributed by atoms with Crippen molar-refractivity contribution in [2.24, 2.45) is 5.92 Å². The number of ether oxygens (including phenoxy) is 1. The Balaban J connectivity index is 0.000000686. The molecule has 2 rings (SSSR count). The number of hydrogen-bond acceptors (Lipinski definition) is 5. The molecule has 1 fully saturated rings. The Morgan fingerprint density at radius 3 is 2.65 bits per heavy atom. The van der Waals surface area contributed by atoms with Gasteiger partial charge in [-0.1, -0.05) is 0 Å². The first kappa shape index (κ1) is 14.6. The number of rotatable bonds is 3. The summed E-state index contributed by atoms with van der Waals surface area (Å²) in [6.07, 6.45) is 5.66. The van der Waals surface area contributed by atoms with Gasteiger partial charge in [0.05, 0.1) is 30.9 Å². The molecule has 1 aliphatic heterocycles. The summed E-state index contributed by atoms with van der Waals surface area (Å²) in [5, 5.41) is 3.33. The minimum Gasteiger partial charge on any atom is -0.476 e. The molecule has 1 aliphatic rings. The van der Waals surface area contributed by atoms with Gasteiger partial charge in [0, 0.05) is 0 Å². The van der Waals surface area contributed by atoms with E-state index in [2.05, 4.69) is 43.1 Å². The number of halogens is 2. The van der Waals surface area contributed by atoms with Crippen LogP contribution in [0.25, 0.3) is 0 Å². The largest absolute Gasteiger partial charge is 0.476 e. The predicted molar refractivity (Wildman–Crippen MR) is 68.9 cm³/mol. The fourth-order valence-corrected chi connectivity index (χ4v) is 1.83. The fraction of sp³-hybridized carbons (Fsp3) is 0.600. The average Bonchev–Trinajstić information content (AvgIpc) is 2.42. The Labute approximate surface area is 114 Å². The van der Waals surface area contributed by atoms with Gasteiger partial charge in [0.15, 0.2) is 0 Å². The first-order valence-electron chi connectivity index (χ1n) is 5.32. The third-order valence-corrected chi connectivity index (χ3v) is 2.93. The van der Waals surface area contributed by atoms with Crippen molar-refractivity contribution in [1.29, 1.82) is 0 Å². The molecule has 1 aromatic rings. The van der Waals surface area contributed by atoms with Crippen molar-refractivity contribution in [3.05, 3.63) is 17.0 Å². The van der Waals surface area contributed by atoms with Crippen LogP contribution in [0.15, 0.2) is 17.0 Å². The fourth-order valence-electron chi connectivity index (χ4n) is 1.63. The van der Waals surface area contributed by atoms with Gasteiger partial charge in [-0.3, -0.25) is 4.66 Å². The van der Waals surface area contributed by atoms with Gasteiger partial charge in [-0.15, -0.1) is 0 Å². The Morgan fingerprint density at radius 1 is 1.35 bits per heavy atom. The SMILES string of the molecule is Brc1cnc(OCC2CCNCC2)cn1.OCl. The van der Waals surface area contributed by atoms with Crippen molar-refractivity contribution in [1.82, 2.24) is 15.3 Å². The molecular weight excluding hydrogens is 309 g/mol. The molecule has 2 N–H and O–H groups in total. The number of piperidine rings is 1. The van der Waals surface area contributed by atoms with Crippen LogP contribution in [0.2, 0.25) is 0 Å². The Bertz CT molecular complexity index is 307. The average molecular weight is 325 g/mol. The summed E-state index contributed by atoms with van der Waals surface area (Å²) >= 11 is 6.87. The van der Waals surface area contributed by atoms with Crippen molar-refractivity contribution in [3.63, 3.8) is 0 Å². The van der Waals surface area contributed by atoms with Crippen LogP contribution in [0.5, 0.6) is 5.88 Å². The molecule has 0 radical (unpaired) electrons. The minimum atomic E-state index is 0.608. The standard InChI is InChI=1S/C10H14BrN3O.ClHO/c11-9-5-14-10(6-13-9)15-7-8-1-3-12-4-2-8;1-2/h5-6,8,12H,1-4,7H2;2H. The highest BCUT2D eigenvalue weighted by molar-refractivity contribution is 9.10. The second-order valence-corrected chi connectivity index (χ2v) is 4.49. The molecule has 1 saturated heterocycles. The van der Waals surface area contributed by atoms with Crippen LogP contribution < -0.4 is 10.1 Å². The second-order valence-electron chi connectivity index (χ2n) is 3.68. The first-order chi connectivity index (χ1) is 8.34. The maximum atomic E-state index is 6.47. The summed E-state index contributed by atoms with van der Waals surface area (Å²) in [6, 6.07) is 0. The smallest absolute Gasteiger partial charge is 0.232 e. The number of nitrogens with one attached hydrogen (secondary N) is 1. The highest BCUT2D eigenvalue weighted by atomic mass is 79.9. The van der Waals surface area contributed by atoms with Crippen LogP contribution in [-0.2, 0) is 0 Å². The molecule has 0 aromatic carbocycles. The lowest BCUT2D eigenvalue weighted by Crippen LogP contribution is -2.30. The molecule has 0 bridgehead atoms. The molecule has 7 heteroatoms. The molecule has 0 aliphatic carbocycles. The van der Waals surface area contributed by atoms with Crippen molar-refractivity contribution >= 4 is 27.8 Å². The topological polar surface area (TPSA) is 67.3 Å². The van der Waals surface area contributed by atoms with E-state index in [0.717, 1.165) is 24.3 Å². The summed E-state index contributed by atoms with van der Waals surface area (Å²) in [5.41, 5.74) is 0. The first-order valence-corrected chi connectivity index (χ1v) is 6.45. The van der Waals surface area contributed by atoms with Crippen LogP contribution >= 0.6 is 27.8 Å². The quantitative estimate of drug-likeness (QED) is 0.886. The maximum Gasteiger partial charge on any atom is 0.232 e. The van der Waals surface area contributed by atoms with Gasteiger partial charge in [-0.05, 0) is 47.8 Å². The number of aromatic nitrogens is 2. The lowest BCUT2D eigenvalue weighted by molar-refractivity contribution is 0.208. The maximum absolute atomic E-state index is 6.47. The third-order valence-electron chi connectivity index (χ3n) is 2.52. The summed E-state index contributed by atoms with van der Waals surface area (Å²) in [7, 11) is 0. The molecule has 0 saturated carbocycles. The van der Waals surface area contributed by atoms with Crippen LogP contribution in [0.1, 0.15) is 12.8 Å². The van der Waals surface area contributed by atoms with E-state index >= 15 is 0 Å². The zero-order chi connectivity index (χ0) is 12.5. The van der Waals surface area contributed by atoms with E-state index in [9.17, 15) is 0 Å². The minimum absolute atomic E-state index is 0.608. The predicted octanol–water partition coefficient (Wildman–Crippen LogP) is 1.75. The van der Waals surface area contributed by atoms with Crippen molar-refractivity contribution < 1.29 is 9.40 Å². The normalized spacial score (nSPS) is 15.9. The lowest BCUT2D eigenvalue weighted by atomic mass is 9.99. The molecule has 0 spiro atoms. The molecule has 5 nitrogen and oxygen atoms in total. The van der Waals surface area contributed by atoms with Crippen LogP contribution in [0, 0.1) is 5.92 Å². The highest BCUT2D eigenvalue weighted by Gasteiger charge is 2.13. The van der Waals surface area contributed by atoms with Crippen molar-refractivity contribution in [2.75, 3.05) is 19.7 Å². The van der Waals surface area contributed by atoms with E-state index in [1.165, 1.54) is 12.8 Å². The molecule has 0 atom stereocenters. The molecule has 96 valence electrons. The molecule has 1 aromatic heterocycles. The highest BCUT2D eigenvalue weighted by Crippen LogP contribution is 2.14. The van der Waals surface area contributed by atoms with Crippen LogP contribution in [0.3, 0.4) is 0 Å². The third kappa shape index (κ3) is 5.63. The number of nitrogens with zero attached hydrogens (tertiary/aromatic N) is 2. The Morgan fingerprint density at radius 2 is 2.06 bits per heavy atom. The molecule has 0 amide bonds. The van der Waals surface area contributed by atoms with Crippen LogP contribution in [0.4, 0.5) is 0 Å². The van der Waals surface area contributed by atoms with E-state index in [1.54, 1.807) is 12.4 Å². The molecule has 2 heterocycles.